The molecule has 3 fully saturated rings. The molecule has 0 heterocycles. The van der Waals surface area contributed by atoms with Gasteiger partial charge in [-0.3, -0.25) is 9.59 Å². The van der Waals surface area contributed by atoms with Crippen LogP contribution in [0, 0.1) is 29.1 Å². The normalized spacial score (nSPS) is 44.2. The molecule has 5 atom stereocenters. The molecule has 0 bridgehead atoms. The van der Waals surface area contributed by atoms with Gasteiger partial charge in [0.15, 0.2) is 5.78 Å². The maximum Gasteiger partial charge on any atom is 0.155 e. The summed E-state index contributed by atoms with van der Waals surface area (Å²) >= 11 is 0. The Hall–Kier alpha value is -1.18. The van der Waals surface area contributed by atoms with Gasteiger partial charge in [0.05, 0.1) is 0 Å². The van der Waals surface area contributed by atoms with Crippen LogP contribution in [0.5, 0.6) is 0 Å². The Morgan fingerprint density at radius 1 is 1.18 bits per heavy atom. The second-order valence-electron chi connectivity index (χ2n) is 7.97. The summed E-state index contributed by atoms with van der Waals surface area (Å²) in [4.78, 5) is 24.3. The Morgan fingerprint density at radius 3 is 2.77 bits per heavy atom. The minimum absolute atomic E-state index is 0.0933. The van der Waals surface area contributed by atoms with Crippen LogP contribution in [0.25, 0.3) is 0 Å². The van der Waals surface area contributed by atoms with E-state index < -0.39 is 0 Å². The van der Waals surface area contributed by atoms with E-state index in [1.54, 1.807) is 0 Å². The SMILES string of the molecule is C=C1CC2(CC)C(=O)CC[C@@H]2[C@H]2CCC3=CC(=O)CC[C@H]3[C@H]12. The highest BCUT2D eigenvalue weighted by molar-refractivity contribution is 5.91. The number of ketones is 2. The molecule has 3 saturated carbocycles. The predicted octanol–water partition coefficient (Wildman–Crippen LogP) is 4.25. The van der Waals surface area contributed by atoms with Gasteiger partial charge in [0.25, 0.3) is 0 Å². The van der Waals surface area contributed by atoms with Crippen molar-refractivity contribution in [2.45, 2.75) is 58.3 Å². The highest BCUT2D eigenvalue weighted by Crippen LogP contribution is 2.63. The van der Waals surface area contributed by atoms with Crippen LogP contribution in [0.3, 0.4) is 0 Å². The van der Waals surface area contributed by atoms with Crippen molar-refractivity contribution in [1.29, 1.82) is 0 Å². The fraction of sp³-hybridized carbons (Fsp3) is 0.700. The molecular weight excluding hydrogens is 272 g/mol. The lowest BCUT2D eigenvalue weighted by molar-refractivity contribution is -0.130. The van der Waals surface area contributed by atoms with Crippen molar-refractivity contribution >= 4 is 11.6 Å². The van der Waals surface area contributed by atoms with Gasteiger partial charge in [0.2, 0.25) is 0 Å². The van der Waals surface area contributed by atoms with Crippen molar-refractivity contribution in [2.24, 2.45) is 29.1 Å². The largest absolute Gasteiger partial charge is 0.299 e. The third-order valence-electron chi connectivity index (χ3n) is 7.29. The second-order valence-corrected chi connectivity index (χ2v) is 7.97. The van der Waals surface area contributed by atoms with Gasteiger partial charge in [0, 0.05) is 18.3 Å². The summed E-state index contributed by atoms with van der Waals surface area (Å²) in [5.41, 5.74) is 2.60. The van der Waals surface area contributed by atoms with Crippen LogP contribution in [-0.2, 0) is 9.59 Å². The Labute approximate surface area is 133 Å². The van der Waals surface area contributed by atoms with Crippen molar-refractivity contribution in [3.63, 3.8) is 0 Å². The highest BCUT2D eigenvalue weighted by Gasteiger charge is 2.58. The number of hydrogen-bond donors (Lipinski definition) is 0. The third-order valence-corrected chi connectivity index (χ3v) is 7.29. The van der Waals surface area contributed by atoms with E-state index in [9.17, 15) is 9.59 Å². The summed E-state index contributed by atoms with van der Waals surface area (Å²) in [7, 11) is 0. The lowest BCUT2D eigenvalue weighted by atomic mass is 9.50. The van der Waals surface area contributed by atoms with E-state index in [1.807, 2.05) is 6.08 Å². The Bertz CT molecular complexity index is 585. The molecular formula is C20H26O2. The van der Waals surface area contributed by atoms with Crippen LogP contribution < -0.4 is 0 Å². The topological polar surface area (TPSA) is 34.1 Å². The van der Waals surface area contributed by atoms with Gasteiger partial charge in [-0.1, -0.05) is 24.6 Å². The number of fused-ring (bicyclic) bond motifs is 5. The van der Waals surface area contributed by atoms with Crippen molar-refractivity contribution < 1.29 is 9.59 Å². The van der Waals surface area contributed by atoms with E-state index in [2.05, 4.69) is 13.5 Å². The lowest BCUT2D eigenvalue weighted by Crippen LogP contribution is -2.48. The number of rotatable bonds is 1. The molecule has 4 aliphatic carbocycles. The second kappa shape index (κ2) is 4.91. The van der Waals surface area contributed by atoms with E-state index >= 15 is 0 Å². The van der Waals surface area contributed by atoms with Crippen LogP contribution in [0.1, 0.15) is 58.3 Å². The summed E-state index contributed by atoms with van der Waals surface area (Å²) in [5.74, 6) is 3.07. The van der Waals surface area contributed by atoms with Crippen LogP contribution in [0.2, 0.25) is 0 Å². The van der Waals surface area contributed by atoms with E-state index in [4.69, 9.17) is 0 Å². The third kappa shape index (κ3) is 1.79. The first-order chi connectivity index (χ1) is 10.6. The Morgan fingerprint density at radius 2 is 2.00 bits per heavy atom. The average Bonchev–Trinajstić information content (AvgIpc) is 2.84. The number of carbonyl (C=O) groups excluding carboxylic acids is 2. The molecule has 0 aromatic heterocycles. The fourth-order valence-electron chi connectivity index (χ4n) is 6.37. The van der Waals surface area contributed by atoms with Crippen molar-refractivity contribution in [2.75, 3.05) is 0 Å². The van der Waals surface area contributed by atoms with Gasteiger partial charge in [0.1, 0.15) is 5.78 Å². The molecule has 0 amide bonds. The van der Waals surface area contributed by atoms with E-state index in [0.29, 0.717) is 41.7 Å². The van der Waals surface area contributed by atoms with Gasteiger partial charge in [-0.05, 0) is 68.3 Å². The van der Waals surface area contributed by atoms with E-state index in [-0.39, 0.29) is 5.41 Å². The quantitative estimate of drug-likeness (QED) is 0.678. The van der Waals surface area contributed by atoms with Gasteiger partial charge >= 0.3 is 0 Å². The molecule has 2 heteroatoms. The molecule has 118 valence electrons. The maximum absolute atomic E-state index is 12.6. The summed E-state index contributed by atoms with van der Waals surface area (Å²) in [6.45, 7) is 6.62. The molecule has 4 aliphatic rings. The Balaban J connectivity index is 1.72. The minimum Gasteiger partial charge on any atom is -0.299 e. The molecule has 22 heavy (non-hydrogen) atoms. The van der Waals surface area contributed by atoms with Crippen LogP contribution in [-0.4, -0.2) is 11.6 Å². The van der Waals surface area contributed by atoms with E-state index in [1.165, 1.54) is 11.1 Å². The molecule has 1 unspecified atom stereocenters. The molecule has 0 N–H and O–H groups in total. The fourth-order valence-corrected chi connectivity index (χ4v) is 6.37. The maximum atomic E-state index is 12.6. The minimum atomic E-state index is -0.0933. The molecule has 0 radical (unpaired) electrons. The predicted molar refractivity (Wildman–Crippen MR) is 86.2 cm³/mol. The average molecular weight is 298 g/mol. The van der Waals surface area contributed by atoms with Gasteiger partial charge in [-0.2, -0.15) is 0 Å². The van der Waals surface area contributed by atoms with Crippen molar-refractivity contribution in [3.05, 3.63) is 23.8 Å². The zero-order valence-electron chi connectivity index (χ0n) is 13.6. The smallest absolute Gasteiger partial charge is 0.155 e. The number of carbonyl (C=O) groups is 2. The molecule has 0 saturated heterocycles. The van der Waals surface area contributed by atoms with Crippen molar-refractivity contribution in [1.82, 2.24) is 0 Å². The number of hydrogen-bond acceptors (Lipinski definition) is 2. The highest BCUT2D eigenvalue weighted by atomic mass is 16.1. The first kappa shape index (κ1) is 14.4. The first-order valence-electron chi connectivity index (χ1n) is 9.01. The lowest BCUT2D eigenvalue weighted by Gasteiger charge is -2.53. The summed E-state index contributed by atoms with van der Waals surface area (Å²) in [6, 6.07) is 0. The van der Waals surface area contributed by atoms with Gasteiger partial charge in [-0.25, -0.2) is 0 Å². The molecule has 2 nitrogen and oxygen atoms in total. The zero-order valence-corrected chi connectivity index (χ0v) is 13.6. The van der Waals surface area contributed by atoms with Gasteiger partial charge < -0.3 is 0 Å². The Kier molecular flexibility index (Phi) is 3.22. The summed E-state index contributed by atoms with van der Waals surface area (Å²) in [5, 5.41) is 0. The van der Waals surface area contributed by atoms with Crippen molar-refractivity contribution in [3.8, 4) is 0 Å². The number of allylic oxidation sites excluding steroid dienone is 2. The van der Waals surface area contributed by atoms with Gasteiger partial charge in [-0.15, -0.1) is 0 Å². The zero-order chi connectivity index (χ0) is 15.5. The van der Waals surface area contributed by atoms with Crippen LogP contribution >= 0.6 is 0 Å². The van der Waals surface area contributed by atoms with Crippen LogP contribution in [0.15, 0.2) is 23.8 Å². The monoisotopic (exact) mass is 298 g/mol. The molecule has 0 aromatic rings. The molecule has 0 aliphatic heterocycles. The molecule has 4 rings (SSSR count). The summed E-state index contributed by atoms with van der Waals surface area (Å²) in [6.07, 6.45) is 9.61. The first-order valence-corrected chi connectivity index (χ1v) is 9.01. The van der Waals surface area contributed by atoms with E-state index in [0.717, 1.165) is 44.9 Å². The van der Waals surface area contributed by atoms with Crippen LogP contribution in [0.4, 0.5) is 0 Å². The molecule has 0 aromatic carbocycles. The number of Topliss-reactive ketones (excluding diaryl/α,β-unsaturated/α-hetero) is 1. The molecule has 0 spiro atoms. The standard InChI is InChI=1S/C20H26O2/c1-3-20-11-12(2)19-15-7-5-14(21)10-13(15)4-6-16(19)17(20)8-9-18(20)22/h10,15-17,19H,2-9,11H2,1H3/t15-,16-,17-,19+,20?/m1/s1. The summed E-state index contributed by atoms with van der Waals surface area (Å²) < 4.78 is 0.